The van der Waals surface area contributed by atoms with Gasteiger partial charge in [-0.1, -0.05) is 30.7 Å². The molecule has 0 spiro atoms. The van der Waals surface area contributed by atoms with Gasteiger partial charge in [0.25, 0.3) is 5.91 Å². The minimum absolute atomic E-state index is 0.230. The minimum atomic E-state index is 0.230. The third-order valence-corrected chi connectivity index (χ3v) is 6.60. The van der Waals surface area contributed by atoms with E-state index >= 15 is 0 Å². The smallest absolute Gasteiger partial charge is 0.275 e. The van der Waals surface area contributed by atoms with Gasteiger partial charge in [0.1, 0.15) is 0 Å². The second-order valence-corrected chi connectivity index (χ2v) is 8.09. The van der Waals surface area contributed by atoms with E-state index in [1.165, 1.54) is 62.6 Å². The number of quaternary nitrogens is 1. The number of carbonyl (C=O) groups is 1. The van der Waals surface area contributed by atoms with Crippen molar-refractivity contribution < 1.29 is 9.69 Å². The third-order valence-electron chi connectivity index (χ3n) is 6.60. The Balaban J connectivity index is 1.38. The molecular weight excluding hydrogens is 296 g/mol. The number of piperidine rings is 1. The molecule has 0 bridgehead atoms. The van der Waals surface area contributed by atoms with Gasteiger partial charge in [-0.2, -0.15) is 0 Å². The van der Waals surface area contributed by atoms with Crippen LogP contribution >= 0.6 is 0 Å². The summed E-state index contributed by atoms with van der Waals surface area (Å²) in [5.74, 6) is 1.14. The highest BCUT2D eigenvalue weighted by Crippen LogP contribution is 2.30. The third kappa shape index (κ3) is 3.37. The fourth-order valence-electron chi connectivity index (χ4n) is 5.44. The second kappa shape index (κ2) is 7.26. The Morgan fingerprint density at radius 3 is 2.83 bits per heavy atom. The Bertz CT molecular complexity index is 583. The van der Waals surface area contributed by atoms with Crippen LogP contribution in [-0.4, -0.2) is 25.0 Å². The molecule has 1 amide bonds. The lowest BCUT2D eigenvalue weighted by Crippen LogP contribution is -3.18. The quantitative estimate of drug-likeness (QED) is 0.878. The Morgan fingerprint density at radius 2 is 1.88 bits per heavy atom. The van der Waals surface area contributed by atoms with Gasteiger partial charge in [-0.05, 0) is 62.5 Å². The number of rotatable bonds is 3. The van der Waals surface area contributed by atoms with Crippen molar-refractivity contribution in [2.45, 2.75) is 69.9 Å². The molecule has 0 aromatic heterocycles. The van der Waals surface area contributed by atoms with Crippen LogP contribution in [0.15, 0.2) is 24.3 Å². The summed E-state index contributed by atoms with van der Waals surface area (Å²) in [5.41, 5.74) is 2.77. The van der Waals surface area contributed by atoms with Crippen molar-refractivity contribution >= 4 is 5.91 Å². The number of hydrogen-bond donors (Lipinski definition) is 2. The summed E-state index contributed by atoms with van der Waals surface area (Å²) in [5, 5.41) is 3.36. The molecule has 2 aliphatic carbocycles. The molecule has 3 aliphatic rings. The topological polar surface area (TPSA) is 33.5 Å². The maximum Gasteiger partial charge on any atom is 0.275 e. The molecule has 2 fully saturated rings. The molecule has 1 saturated heterocycles. The van der Waals surface area contributed by atoms with E-state index in [4.69, 9.17) is 0 Å². The predicted molar refractivity (Wildman–Crippen MR) is 95.9 cm³/mol. The Morgan fingerprint density at radius 1 is 1.04 bits per heavy atom. The molecule has 1 heterocycles. The van der Waals surface area contributed by atoms with Gasteiger partial charge >= 0.3 is 0 Å². The standard InChI is InChI=1S/C21H30N2O/c24-21(15-23-14-6-10-17-8-2-4-13-20(17)23)22-19-12-5-9-16-7-1-3-11-18(16)19/h1,3,7,11,17,19-20H,2,4-6,8-10,12-15H2,(H,22,24)/p+1/t17-,19+,20+/m1/s1. The SMILES string of the molecule is O=C(C[NH+]1CCC[C@H]2CCCC[C@@H]21)N[C@H]1CCCc2ccccc21. The van der Waals surface area contributed by atoms with Crippen LogP contribution in [0.4, 0.5) is 0 Å². The van der Waals surface area contributed by atoms with Crippen molar-refractivity contribution in [2.75, 3.05) is 13.1 Å². The normalized spacial score (nSPS) is 32.5. The lowest BCUT2D eigenvalue weighted by Gasteiger charge is -2.41. The van der Waals surface area contributed by atoms with Crippen molar-refractivity contribution in [2.24, 2.45) is 5.92 Å². The van der Waals surface area contributed by atoms with Crippen molar-refractivity contribution in [3.05, 3.63) is 35.4 Å². The first kappa shape index (κ1) is 16.1. The van der Waals surface area contributed by atoms with Crippen molar-refractivity contribution in [3.63, 3.8) is 0 Å². The summed E-state index contributed by atoms with van der Waals surface area (Å²) in [6, 6.07) is 9.61. The van der Waals surface area contributed by atoms with Crippen LogP contribution in [-0.2, 0) is 11.2 Å². The molecule has 4 rings (SSSR count). The van der Waals surface area contributed by atoms with Crippen LogP contribution in [0, 0.1) is 5.92 Å². The Labute approximate surface area is 145 Å². The molecule has 4 atom stereocenters. The fraction of sp³-hybridized carbons (Fsp3) is 0.667. The Hall–Kier alpha value is -1.35. The van der Waals surface area contributed by atoms with Gasteiger partial charge in [-0.3, -0.25) is 4.79 Å². The number of fused-ring (bicyclic) bond motifs is 2. The first-order valence-electron chi connectivity index (χ1n) is 10.0. The molecule has 1 aliphatic heterocycles. The van der Waals surface area contributed by atoms with E-state index < -0.39 is 0 Å². The fourth-order valence-corrected chi connectivity index (χ4v) is 5.44. The van der Waals surface area contributed by atoms with E-state index in [9.17, 15) is 4.79 Å². The van der Waals surface area contributed by atoms with Crippen molar-refractivity contribution in [1.29, 1.82) is 0 Å². The van der Waals surface area contributed by atoms with Crippen LogP contribution in [0.1, 0.15) is 68.5 Å². The second-order valence-electron chi connectivity index (χ2n) is 8.09. The number of likely N-dealkylation sites (tertiary alicyclic amines) is 1. The molecule has 2 N–H and O–H groups in total. The van der Waals surface area contributed by atoms with Gasteiger partial charge in [0.15, 0.2) is 6.54 Å². The largest absolute Gasteiger partial charge is 0.344 e. The molecule has 1 aromatic carbocycles. The van der Waals surface area contributed by atoms with Gasteiger partial charge in [0, 0.05) is 5.92 Å². The highest BCUT2D eigenvalue weighted by atomic mass is 16.2. The summed E-state index contributed by atoms with van der Waals surface area (Å²) in [4.78, 5) is 14.3. The predicted octanol–water partition coefficient (Wildman–Crippen LogP) is 2.42. The van der Waals surface area contributed by atoms with Gasteiger partial charge in [-0.15, -0.1) is 0 Å². The Kier molecular flexibility index (Phi) is 4.88. The minimum Gasteiger partial charge on any atom is -0.344 e. The van der Waals surface area contributed by atoms with Crippen LogP contribution in [0.2, 0.25) is 0 Å². The number of hydrogen-bond acceptors (Lipinski definition) is 1. The molecule has 130 valence electrons. The number of amides is 1. The summed E-state index contributed by atoms with van der Waals surface area (Å²) in [7, 11) is 0. The number of carbonyl (C=O) groups excluding carboxylic acids is 1. The van der Waals surface area contributed by atoms with E-state index in [2.05, 4.69) is 29.6 Å². The van der Waals surface area contributed by atoms with E-state index in [1.807, 2.05) is 0 Å². The number of benzene rings is 1. The van der Waals surface area contributed by atoms with E-state index in [0.717, 1.165) is 24.8 Å². The van der Waals surface area contributed by atoms with Crippen molar-refractivity contribution in [1.82, 2.24) is 5.32 Å². The summed E-state index contributed by atoms with van der Waals surface area (Å²) < 4.78 is 0. The summed E-state index contributed by atoms with van der Waals surface area (Å²) >= 11 is 0. The zero-order valence-electron chi connectivity index (χ0n) is 14.7. The summed E-state index contributed by atoms with van der Waals surface area (Å²) in [6.07, 6.45) is 11.6. The van der Waals surface area contributed by atoms with E-state index in [0.29, 0.717) is 6.54 Å². The maximum atomic E-state index is 12.7. The van der Waals surface area contributed by atoms with Crippen molar-refractivity contribution in [3.8, 4) is 0 Å². The lowest BCUT2D eigenvalue weighted by atomic mass is 9.78. The monoisotopic (exact) mass is 327 g/mol. The average molecular weight is 327 g/mol. The molecule has 1 saturated carbocycles. The molecule has 3 heteroatoms. The molecule has 24 heavy (non-hydrogen) atoms. The van der Waals surface area contributed by atoms with Crippen LogP contribution in [0.25, 0.3) is 0 Å². The van der Waals surface area contributed by atoms with Crippen LogP contribution in [0.5, 0.6) is 0 Å². The van der Waals surface area contributed by atoms with Gasteiger partial charge in [0.2, 0.25) is 0 Å². The number of nitrogens with one attached hydrogen (secondary N) is 2. The lowest BCUT2D eigenvalue weighted by molar-refractivity contribution is -0.928. The van der Waals surface area contributed by atoms with Gasteiger partial charge < -0.3 is 10.2 Å². The van der Waals surface area contributed by atoms with E-state index in [1.54, 1.807) is 4.90 Å². The first-order valence-corrected chi connectivity index (χ1v) is 10.0. The number of aryl methyl sites for hydroxylation is 1. The average Bonchev–Trinajstić information content (AvgIpc) is 2.62. The molecule has 0 radical (unpaired) electrons. The molecule has 1 unspecified atom stereocenters. The van der Waals surface area contributed by atoms with Gasteiger partial charge in [0.05, 0.1) is 18.6 Å². The highest BCUT2D eigenvalue weighted by molar-refractivity contribution is 5.77. The van der Waals surface area contributed by atoms with Crippen LogP contribution < -0.4 is 10.2 Å². The summed E-state index contributed by atoms with van der Waals surface area (Å²) in [6.45, 7) is 1.87. The van der Waals surface area contributed by atoms with Crippen LogP contribution in [0.3, 0.4) is 0 Å². The van der Waals surface area contributed by atoms with E-state index in [-0.39, 0.29) is 11.9 Å². The zero-order chi connectivity index (χ0) is 16.4. The molecule has 3 nitrogen and oxygen atoms in total. The molecule has 1 aromatic rings. The highest BCUT2D eigenvalue weighted by Gasteiger charge is 2.37. The first-order chi connectivity index (χ1) is 11.8. The maximum absolute atomic E-state index is 12.7. The zero-order valence-corrected chi connectivity index (χ0v) is 14.7. The van der Waals surface area contributed by atoms with Gasteiger partial charge in [-0.25, -0.2) is 0 Å². The molecular formula is C21H31N2O+.